The van der Waals surface area contributed by atoms with Crippen molar-refractivity contribution >= 4 is 34.8 Å². The van der Waals surface area contributed by atoms with Crippen molar-refractivity contribution in [1.82, 2.24) is 0 Å². The number of nitrogens with one attached hydrogen (secondary N) is 1. The molecule has 0 aliphatic carbocycles. The van der Waals surface area contributed by atoms with Crippen molar-refractivity contribution < 1.29 is 19.2 Å². The number of nitro benzene ring substituents is 1. The van der Waals surface area contributed by atoms with Crippen LogP contribution >= 0.6 is 11.6 Å². The van der Waals surface area contributed by atoms with E-state index in [-0.39, 0.29) is 22.9 Å². The fraction of sp³-hybridized carbons (Fsp3) is 0.0667. The number of anilines is 1. The Morgan fingerprint density at radius 1 is 1.21 bits per heavy atom. The van der Waals surface area contributed by atoms with E-state index in [4.69, 9.17) is 22.1 Å². The average Bonchev–Trinajstić information content (AvgIpc) is 2.54. The number of carbonyl (C=O) groups is 2. The standard InChI is InChI=1S/C15H12ClN3O5/c16-12-6-1-9(7-13(12)19(22)23)15(21)18-10-2-4-11(5-3-10)24-8-14(17)20/h1-7H,8H2,(H2,17,20)(H,18,21). The summed E-state index contributed by atoms with van der Waals surface area (Å²) in [6.45, 7) is -0.250. The third-order valence-corrected chi connectivity index (χ3v) is 3.22. The summed E-state index contributed by atoms with van der Waals surface area (Å²) in [7, 11) is 0. The molecular weight excluding hydrogens is 338 g/mol. The van der Waals surface area contributed by atoms with Gasteiger partial charge in [0.05, 0.1) is 4.92 Å². The second kappa shape index (κ2) is 7.42. The van der Waals surface area contributed by atoms with E-state index < -0.39 is 16.7 Å². The summed E-state index contributed by atoms with van der Waals surface area (Å²) >= 11 is 5.71. The van der Waals surface area contributed by atoms with Crippen LogP contribution in [0, 0.1) is 10.1 Å². The van der Waals surface area contributed by atoms with Gasteiger partial charge in [-0.25, -0.2) is 0 Å². The van der Waals surface area contributed by atoms with Crippen molar-refractivity contribution in [1.29, 1.82) is 0 Å². The lowest BCUT2D eigenvalue weighted by Gasteiger charge is -2.07. The van der Waals surface area contributed by atoms with E-state index in [1.165, 1.54) is 12.1 Å². The molecule has 124 valence electrons. The average molecular weight is 350 g/mol. The zero-order valence-electron chi connectivity index (χ0n) is 12.2. The third kappa shape index (κ3) is 4.43. The number of primary amides is 1. The molecule has 8 nitrogen and oxygen atoms in total. The molecule has 0 saturated carbocycles. The molecule has 0 radical (unpaired) electrons. The Bertz CT molecular complexity index is 792. The molecule has 0 heterocycles. The summed E-state index contributed by atoms with van der Waals surface area (Å²) in [4.78, 5) is 32.9. The molecule has 0 spiro atoms. The topological polar surface area (TPSA) is 125 Å². The Labute approximate surface area is 141 Å². The molecule has 0 aliphatic rings. The number of benzene rings is 2. The Morgan fingerprint density at radius 2 is 1.88 bits per heavy atom. The van der Waals surface area contributed by atoms with Gasteiger partial charge < -0.3 is 15.8 Å². The first-order valence-corrected chi connectivity index (χ1v) is 7.01. The molecule has 24 heavy (non-hydrogen) atoms. The maximum absolute atomic E-state index is 12.1. The monoisotopic (exact) mass is 349 g/mol. The molecule has 2 aromatic carbocycles. The van der Waals surface area contributed by atoms with Crippen LogP contribution in [0.3, 0.4) is 0 Å². The lowest BCUT2D eigenvalue weighted by Crippen LogP contribution is -2.20. The van der Waals surface area contributed by atoms with E-state index in [0.29, 0.717) is 11.4 Å². The van der Waals surface area contributed by atoms with Crippen molar-refractivity contribution in [3.63, 3.8) is 0 Å². The van der Waals surface area contributed by atoms with E-state index >= 15 is 0 Å². The van der Waals surface area contributed by atoms with Crippen LogP contribution in [0.1, 0.15) is 10.4 Å². The summed E-state index contributed by atoms with van der Waals surface area (Å²) in [5, 5.41) is 13.4. The minimum Gasteiger partial charge on any atom is -0.484 e. The van der Waals surface area contributed by atoms with Gasteiger partial charge in [-0.3, -0.25) is 19.7 Å². The maximum atomic E-state index is 12.1. The van der Waals surface area contributed by atoms with Crippen molar-refractivity contribution in [2.24, 2.45) is 5.73 Å². The smallest absolute Gasteiger partial charge is 0.288 e. The molecule has 0 saturated heterocycles. The van der Waals surface area contributed by atoms with Crippen LogP contribution in [-0.2, 0) is 4.79 Å². The van der Waals surface area contributed by atoms with E-state index in [9.17, 15) is 19.7 Å². The molecule has 0 fully saturated rings. The fourth-order valence-corrected chi connectivity index (χ4v) is 1.97. The van der Waals surface area contributed by atoms with Gasteiger partial charge in [0.2, 0.25) is 0 Å². The largest absolute Gasteiger partial charge is 0.484 e. The Morgan fingerprint density at radius 3 is 2.46 bits per heavy atom. The second-order valence-corrected chi connectivity index (χ2v) is 5.06. The minimum absolute atomic E-state index is 0.0486. The quantitative estimate of drug-likeness (QED) is 0.611. The maximum Gasteiger partial charge on any atom is 0.288 e. The molecule has 3 N–H and O–H groups in total. The van der Waals surface area contributed by atoms with Gasteiger partial charge in [0.15, 0.2) is 6.61 Å². The fourth-order valence-electron chi connectivity index (χ4n) is 1.79. The summed E-state index contributed by atoms with van der Waals surface area (Å²) in [5.74, 6) is -0.716. The normalized spacial score (nSPS) is 10.0. The highest BCUT2D eigenvalue weighted by atomic mass is 35.5. The lowest BCUT2D eigenvalue weighted by molar-refractivity contribution is -0.384. The predicted molar refractivity (Wildman–Crippen MR) is 87.2 cm³/mol. The summed E-state index contributed by atoms with van der Waals surface area (Å²) in [6.07, 6.45) is 0. The highest BCUT2D eigenvalue weighted by molar-refractivity contribution is 6.32. The van der Waals surface area contributed by atoms with Crippen LogP contribution in [0.4, 0.5) is 11.4 Å². The van der Waals surface area contributed by atoms with E-state index in [2.05, 4.69) is 5.32 Å². The predicted octanol–water partition coefficient (Wildman–Crippen LogP) is 2.36. The van der Waals surface area contributed by atoms with E-state index in [0.717, 1.165) is 6.07 Å². The van der Waals surface area contributed by atoms with Gasteiger partial charge in [-0.2, -0.15) is 0 Å². The number of nitrogens with zero attached hydrogens (tertiary/aromatic N) is 1. The van der Waals surface area contributed by atoms with Gasteiger partial charge in [-0.1, -0.05) is 11.6 Å². The molecule has 0 bridgehead atoms. The van der Waals surface area contributed by atoms with Crippen LogP contribution < -0.4 is 15.8 Å². The second-order valence-electron chi connectivity index (χ2n) is 4.66. The highest BCUT2D eigenvalue weighted by Crippen LogP contribution is 2.25. The molecule has 2 rings (SSSR count). The van der Waals surface area contributed by atoms with Crippen molar-refractivity contribution in [2.75, 3.05) is 11.9 Å². The van der Waals surface area contributed by atoms with Gasteiger partial charge in [0.25, 0.3) is 17.5 Å². The van der Waals surface area contributed by atoms with Gasteiger partial charge in [-0.15, -0.1) is 0 Å². The lowest BCUT2D eigenvalue weighted by atomic mass is 10.2. The van der Waals surface area contributed by atoms with Crippen molar-refractivity contribution in [3.8, 4) is 5.75 Å². The number of hydrogen-bond acceptors (Lipinski definition) is 5. The van der Waals surface area contributed by atoms with Gasteiger partial charge >= 0.3 is 0 Å². The van der Waals surface area contributed by atoms with Gasteiger partial charge in [0.1, 0.15) is 10.8 Å². The zero-order chi connectivity index (χ0) is 17.7. The first-order chi connectivity index (χ1) is 11.4. The molecule has 9 heteroatoms. The SMILES string of the molecule is NC(=O)COc1ccc(NC(=O)c2ccc(Cl)c([N+](=O)[O-])c2)cc1. The van der Waals surface area contributed by atoms with Gasteiger partial charge in [-0.05, 0) is 36.4 Å². The molecule has 2 amide bonds. The molecule has 0 unspecified atom stereocenters. The third-order valence-electron chi connectivity index (χ3n) is 2.90. The molecular formula is C15H12ClN3O5. The molecule has 0 aliphatic heterocycles. The van der Waals surface area contributed by atoms with Gasteiger partial charge in [0, 0.05) is 17.3 Å². The zero-order valence-corrected chi connectivity index (χ0v) is 12.9. The number of ether oxygens (including phenoxy) is 1. The number of nitro groups is 1. The van der Waals surface area contributed by atoms with Crippen LogP contribution in [0.25, 0.3) is 0 Å². The summed E-state index contributed by atoms with van der Waals surface area (Å²) in [6, 6.07) is 9.97. The van der Waals surface area contributed by atoms with Crippen LogP contribution in [0.5, 0.6) is 5.75 Å². The Kier molecular flexibility index (Phi) is 5.33. The van der Waals surface area contributed by atoms with Crippen LogP contribution in [0.15, 0.2) is 42.5 Å². The highest BCUT2D eigenvalue weighted by Gasteiger charge is 2.16. The number of carbonyl (C=O) groups excluding carboxylic acids is 2. The number of rotatable bonds is 6. The first-order valence-electron chi connectivity index (χ1n) is 6.63. The molecule has 2 aromatic rings. The number of amides is 2. The number of hydrogen-bond donors (Lipinski definition) is 2. The van der Waals surface area contributed by atoms with E-state index in [1.807, 2.05) is 0 Å². The van der Waals surface area contributed by atoms with E-state index in [1.54, 1.807) is 24.3 Å². The van der Waals surface area contributed by atoms with Crippen LogP contribution in [-0.4, -0.2) is 23.3 Å². The number of halogens is 1. The summed E-state index contributed by atoms with van der Waals surface area (Å²) in [5.41, 5.74) is 5.16. The van der Waals surface area contributed by atoms with Crippen molar-refractivity contribution in [2.45, 2.75) is 0 Å². The first kappa shape index (κ1) is 17.2. The Hall–Kier alpha value is -3.13. The van der Waals surface area contributed by atoms with Crippen LogP contribution in [0.2, 0.25) is 5.02 Å². The number of nitrogens with two attached hydrogens (primary N) is 1. The minimum atomic E-state index is -0.663. The van der Waals surface area contributed by atoms with Crippen molar-refractivity contribution in [3.05, 3.63) is 63.2 Å². The summed E-state index contributed by atoms with van der Waals surface area (Å²) < 4.78 is 5.09. The Balaban J connectivity index is 2.08. The molecule has 0 atom stereocenters. The molecule has 0 aromatic heterocycles.